The van der Waals surface area contributed by atoms with E-state index in [1.165, 1.54) is 22.0 Å². The molecule has 0 atom stereocenters. The van der Waals surface area contributed by atoms with Crippen LogP contribution in [-0.2, 0) is 13.0 Å². The second-order valence-electron chi connectivity index (χ2n) is 5.70. The lowest BCUT2D eigenvalue weighted by atomic mass is 10.1. The normalized spacial score (nSPS) is 10.9. The molecule has 0 fully saturated rings. The van der Waals surface area contributed by atoms with E-state index in [4.69, 9.17) is 10.8 Å². The molecule has 3 heterocycles. The van der Waals surface area contributed by atoms with Crippen molar-refractivity contribution in [2.75, 3.05) is 0 Å². The molecule has 0 saturated heterocycles. The molecule has 0 N–H and O–H groups in total. The topological polar surface area (TPSA) is 48.0 Å². The van der Waals surface area contributed by atoms with Crippen molar-refractivity contribution in [3.63, 3.8) is 0 Å². The van der Waals surface area contributed by atoms with E-state index in [9.17, 15) is 9.18 Å². The molecule has 0 amide bonds. The third-order valence-electron chi connectivity index (χ3n) is 4.12. The Morgan fingerprint density at radius 1 is 1.27 bits per heavy atom. The first-order chi connectivity index (χ1) is 12.7. The van der Waals surface area contributed by atoms with Gasteiger partial charge in [-0.3, -0.25) is 9.36 Å². The summed E-state index contributed by atoms with van der Waals surface area (Å²) in [5, 5.41) is 2.31. The molecule has 4 nitrogen and oxygen atoms in total. The standard InChI is InChI=1S/C20H13FN2O2S/c1-2-9-23-17(11-13-6-3-4-7-15(13)21)22-19-18(20(23)24)14(12-26-19)16-8-5-10-25-16/h1,3-8,10,12H,9,11H2. The van der Waals surface area contributed by atoms with Gasteiger partial charge in [-0.1, -0.05) is 24.1 Å². The highest BCUT2D eigenvalue weighted by atomic mass is 32.1. The molecule has 0 aliphatic heterocycles. The largest absolute Gasteiger partial charge is 0.464 e. The third-order valence-corrected chi connectivity index (χ3v) is 4.99. The zero-order chi connectivity index (χ0) is 18.1. The van der Waals surface area contributed by atoms with Gasteiger partial charge in [0.2, 0.25) is 0 Å². The Morgan fingerprint density at radius 2 is 2.12 bits per heavy atom. The maximum Gasteiger partial charge on any atom is 0.263 e. The van der Waals surface area contributed by atoms with Gasteiger partial charge in [0, 0.05) is 17.4 Å². The predicted molar refractivity (Wildman–Crippen MR) is 99.6 cm³/mol. The number of nitrogens with zero attached hydrogens (tertiary/aromatic N) is 2. The molecule has 6 heteroatoms. The Kier molecular flexibility index (Phi) is 4.15. The number of benzene rings is 1. The van der Waals surface area contributed by atoms with E-state index >= 15 is 0 Å². The van der Waals surface area contributed by atoms with E-state index in [1.54, 1.807) is 36.6 Å². The summed E-state index contributed by atoms with van der Waals surface area (Å²) < 4.78 is 20.9. The first-order valence-electron chi connectivity index (χ1n) is 7.90. The van der Waals surface area contributed by atoms with Crippen molar-refractivity contribution in [3.05, 3.63) is 75.6 Å². The Bertz CT molecular complexity index is 1180. The van der Waals surface area contributed by atoms with Crippen molar-refractivity contribution in [2.24, 2.45) is 0 Å². The highest BCUT2D eigenvalue weighted by molar-refractivity contribution is 7.17. The highest BCUT2D eigenvalue weighted by Gasteiger charge is 2.18. The lowest BCUT2D eigenvalue weighted by molar-refractivity contribution is 0.583. The molecule has 4 aromatic rings. The molecule has 0 saturated carbocycles. The van der Waals surface area contributed by atoms with Gasteiger partial charge < -0.3 is 4.42 Å². The maximum atomic E-state index is 14.0. The summed E-state index contributed by atoms with van der Waals surface area (Å²) in [7, 11) is 0. The molecule has 0 spiro atoms. The van der Waals surface area contributed by atoms with Crippen LogP contribution < -0.4 is 5.56 Å². The fourth-order valence-corrected chi connectivity index (χ4v) is 3.82. The smallest absolute Gasteiger partial charge is 0.263 e. The average molecular weight is 364 g/mol. The molecule has 128 valence electrons. The van der Waals surface area contributed by atoms with Crippen LogP contribution in [0.2, 0.25) is 0 Å². The molecule has 0 bridgehead atoms. The fraction of sp³-hybridized carbons (Fsp3) is 0.100. The van der Waals surface area contributed by atoms with Crippen LogP contribution in [0.15, 0.2) is 57.3 Å². The van der Waals surface area contributed by atoms with Gasteiger partial charge in [0.1, 0.15) is 22.2 Å². The summed E-state index contributed by atoms with van der Waals surface area (Å²) in [6.45, 7) is 0.0685. The molecular weight excluding hydrogens is 351 g/mol. The number of furan rings is 1. The molecule has 0 aliphatic rings. The zero-order valence-electron chi connectivity index (χ0n) is 13.6. The van der Waals surface area contributed by atoms with E-state index in [1.807, 2.05) is 5.38 Å². The van der Waals surface area contributed by atoms with Crippen molar-refractivity contribution >= 4 is 21.6 Å². The van der Waals surface area contributed by atoms with Crippen molar-refractivity contribution < 1.29 is 8.81 Å². The summed E-state index contributed by atoms with van der Waals surface area (Å²) in [4.78, 5) is 18.3. The minimum Gasteiger partial charge on any atom is -0.464 e. The van der Waals surface area contributed by atoms with Crippen molar-refractivity contribution in [1.82, 2.24) is 9.55 Å². The van der Waals surface area contributed by atoms with E-state index < -0.39 is 0 Å². The predicted octanol–water partition coefficient (Wildman–Crippen LogP) is 4.08. The summed E-state index contributed by atoms with van der Waals surface area (Å²) in [6, 6.07) is 9.99. The molecular formula is C20H13FN2O2S. The van der Waals surface area contributed by atoms with Gasteiger partial charge in [-0.05, 0) is 23.8 Å². The van der Waals surface area contributed by atoms with E-state index in [2.05, 4.69) is 10.9 Å². The van der Waals surface area contributed by atoms with Crippen molar-refractivity contribution in [2.45, 2.75) is 13.0 Å². The summed E-state index contributed by atoms with van der Waals surface area (Å²) in [6.07, 6.45) is 7.19. The Morgan fingerprint density at radius 3 is 2.85 bits per heavy atom. The number of thiophene rings is 1. The van der Waals surface area contributed by atoms with Gasteiger partial charge in [0.05, 0.1) is 18.2 Å². The highest BCUT2D eigenvalue weighted by Crippen LogP contribution is 2.31. The Labute approximate surface area is 152 Å². The van der Waals surface area contributed by atoms with Gasteiger partial charge in [0.15, 0.2) is 0 Å². The van der Waals surface area contributed by atoms with Crippen molar-refractivity contribution in [3.8, 4) is 23.7 Å². The molecule has 0 unspecified atom stereocenters. The first-order valence-corrected chi connectivity index (χ1v) is 8.78. The number of hydrogen-bond acceptors (Lipinski definition) is 4. The number of terminal acetylenes is 1. The SMILES string of the molecule is C#CCn1c(Cc2ccccc2F)nc2scc(-c3ccco3)c2c1=O. The van der Waals surface area contributed by atoms with Crippen LogP contribution >= 0.6 is 11.3 Å². The minimum absolute atomic E-state index is 0.0685. The number of fused-ring (bicyclic) bond motifs is 1. The van der Waals surface area contributed by atoms with Crippen LogP contribution in [0.25, 0.3) is 21.5 Å². The number of hydrogen-bond donors (Lipinski definition) is 0. The maximum absolute atomic E-state index is 14.0. The monoisotopic (exact) mass is 364 g/mol. The molecule has 0 radical (unpaired) electrons. The van der Waals surface area contributed by atoms with Gasteiger partial charge >= 0.3 is 0 Å². The third kappa shape index (κ3) is 2.72. The average Bonchev–Trinajstić information content (AvgIpc) is 3.29. The minimum atomic E-state index is -0.337. The second-order valence-corrected chi connectivity index (χ2v) is 6.56. The molecule has 1 aromatic carbocycles. The first kappa shape index (κ1) is 16.3. The quantitative estimate of drug-likeness (QED) is 0.513. The summed E-state index contributed by atoms with van der Waals surface area (Å²) >= 11 is 1.35. The Balaban J connectivity index is 1.92. The number of halogens is 1. The number of rotatable bonds is 4. The van der Waals surface area contributed by atoms with E-state index in [-0.39, 0.29) is 24.3 Å². The lowest BCUT2D eigenvalue weighted by Crippen LogP contribution is -2.25. The summed E-state index contributed by atoms with van der Waals surface area (Å²) in [5.41, 5.74) is 0.912. The van der Waals surface area contributed by atoms with Crippen LogP contribution in [0.3, 0.4) is 0 Å². The Hall–Kier alpha value is -3.17. The van der Waals surface area contributed by atoms with Gasteiger partial charge in [-0.25, -0.2) is 9.37 Å². The molecule has 3 aromatic heterocycles. The van der Waals surface area contributed by atoms with Crippen LogP contribution in [0.1, 0.15) is 11.4 Å². The van der Waals surface area contributed by atoms with Gasteiger partial charge in [-0.2, -0.15) is 0 Å². The van der Waals surface area contributed by atoms with Crippen molar-refractivity contribution in [1.29, 1.82) is 0 Å². The summed E-state index contributed by atoms with van der Waals surface area (Å²) in [5.74, 6) is 3.19. The van der Waals surface area contributed by atoms with Crippen LogP contribution in [-0.4, -0.2) is 9.55 Å². The van der Waals surface area contributed by atoms with E-state index in [0.717, 1.165) is 0 Å². The van der Waals surface area contributed by atoms with Gasteiger partial charge in [-0.15, -0.1) is 17.8 Å². The fourth-order valence-electron chi connectivity index (χ4n) is 2.88. The van der Waals surface area contributed by atoms with Gasteiger partial charge in [0.25, 0.3) is 5.56 Å². The number of aromatic nitrogens is 2. The molecule has 26 heavy (non-hydrogen) atoms. The van der Waals surface area contributed by atoms with E-state index in [0.29, 0.717) is 32.9 Å². The molecule has 0 aliphatic carbocycles. The second kappa shape index (κ2) is 6.62. The lowest BCUT2D eigenvalue weighted by Gasteiger charge is -2.11. The zero-order valence-corrected chi connectivity index (χ0v) is 14.4. The van der Waals surface area contributed by atoms with Crippen LogP contribution in [0.4, 0.5) is 4.39 Å². The molecule has 4 rings (SSSR count). The van der Waals surface area contributed by atoms with Crippen LogP contribution in [0, 0.1) is 18.2 Å². The van der Waals surface area contributed by atoms with Crippen LogP contribution in [0.5, 0.6) is 0 Å².